The normalized spacial score (nSPS) is 12.8. The Kier molecular flexibility index (Phi) is 5.99. The lowest BCUT2D eigenvalue weighted by Gasteiger charge is -2.17. The van der Waals surface area contributed by atoms with E-state index >= 15 is 0 Å². The minimum Gasteiger partial charge on any atom is -0.314 e. The van der Waals surface area contributed by atoms with Crippen LogP contribution in [0.15, 0.2) is 22.7 Å². The van der Waals surface area contributed by atoms with Crippen molar-refractivity contribution in [2.75, 3.05) is 6.54 Å². The molecule has 0 saturated carbocycles. The molecule has 3 heteroatoms. The first-order valence-corrected chi connectivity index (χ1v) is 6.64. The summed E-state index contributed by atoms with van der Waals surface area (Å²) >= 11 is 3.47. The van der Waals surface area contributed by atoms with Crippen LogP contribution in [0.2, 0.25) is 0 Å². The van der Waals surface area contributed by atoms with Gasteiger partial charge in [0.25, 0.3) is 0 Å². The molecule has 90 valence electrons. The molecule has 0 saturated heterocycles. The summed E-state index contributed by atoms with van der Waals surface area (Å²) in [6.45, 7) is 5.23. The van der Waals surface area contributed by atoms with Crippen LogP contribution in [0.3, 0.4) is 0 Å². The van der Waals surface area contributed by atoms with Crippen molar-refractivity contribution in [3.05, 3.63) is 34.1 Å². The smallest absolute Gasteiger partial charge is 0.123 e. The van der Waals surface area contributed by atoms with Gasteiger partial charge in [0, 0.05) is 10.5 Å². The van der Waals surface area contributed by atoms with Crippen LogP contribution in [-0.2, 0) is 6.42 Å². The average Bonchev–Trinajstić information content (AvgIpc) is 2.24. The van der Waals surface area contributed by atoms with Crippen molar-refractivity contribution in [1.82, 2.24) is 5.32 Å². The maximum absolute atomic E-state index is 13.1. The zero-order valence-corrected chi connectivity index (χ0v) is 11.5. The summed E-state index contributed by atoms with van der Waals surface area (Å²) in [6, 6.07) is 5.31. The molecule has 0 amide bonds. The third kappa shape index (κ3) is 4.22. The van der Waals surface area contributed by atoms with Crippen LogP contribution in [0.4, 0.5) is 4.39 Å². The molecule has 1 aromatic rings. The zero-order valence-electron chi connectivity index (χ0n) is 9.89. The first-order valence-electron chi connectivity index (χ1n) is 5.84. The minimum absolute atomic E-state index is 0.162. The molecule has 0 heterocycles. The maximum atomic E-state index is 13.1. The molecule has 1 aromatic carbocycles. The van der Waals surface area contributed by atoms with Crippen LogP contribution in [0.1, 0.15) is 32.3 Å². The first-order chi connectivity index (χ1) is 7.67. The molecule has 0 aliphatic heterocycles. The van der Waals surface area contributed by atoms with E-state index in [2.05, 4.69) is 35.1 Å². The second kappa shape index (κ2) is 7.02. The van der Waals surface area contributed by atoms with Gasteiger partial charge in [-0.1, -0.05) is 36.2 Å². The summed E-state index contributed by atoms with van der Waals surface area (Å²) in [6.07, 6.45) is 3.14. The van der Waals surface area contributed by atoms with Gasteiger partial charge in [0.1, 0.15) is 5.82 Å². The molecule has 0 spiro atoms. The highest BCUT2D eigenvalue weighted by molar-refractivity contribution is 9.10. The van der Waals surface area contributed by atoms with Crippen LogP contribution in [0.5, 0.6) is 0 Å². The van der Waals surface area contributed by atoms with Gasteiger partial charge in [0.05, 0.1) is 0 Å². The summed E-state index contributed by atoms with van der Waals surface area (Å²) in [5, 5.41) is 3.44. The van der Waals surface area contributed by atoms with Crippen molar-refractivity contribution < 1.29 is 4.39 Å². The fraction of sp³-hybridized carbons (Fsp3) is 0.538. The molecule has 1 unspecified atom stereocenters. The second-order valence-corrected chi connectivity index (χ2v) is 4.84. The molecule has 0 aliphatic carbocycles. The van der Waals surface area contributed by atoms with Crippen LogP contribution in [0.25, 0.3) is 0 Å². The van der Waals surface area contributed by atoms with E-state index in [1.165, 1.54) is 6.07 Å². The van der Waals surface area contributed by atoms with Gasteiger partial charge >= 0.3 is 0 Å². The van der Waals surface area contributed by atoms with E-state index in [1.54, 1.807) is 12.1 Å². The molecule has 0 radical (unpaired) electrons. The van der Waals surface area contributed by atoms with Crippen molar-refractivity contribution in [3.63, 3.8) is 0 Å². The topological polar surface area (TPSA) is 12.0 Å². The molecule has 0 aliphatic rings. The SMILES string of the molecule is CCCC(Cc1cc(F)ccc1Br)NCC. The van der Waals surface area contributed by atoms with E-state index in [-0.39, 0.29) is 5.82 Å². The lowest BCUT2D eigenvalue weighted by Crippen LogP contribution is -2.30. The molecular formula is C13H19BrFN. The molecule has 16 heavy (non-hydrogen) atoms. The lowest BCUT2D eigenvalue weighted by atomic mass is 10.0. The Morgan fingerprint density at radius 2 is 2.12 bits per heavy atom. The Morgan fingerprint density at radius 1 is 1.38 bits per heavy atom. The average molecular weight is 288 g/mol. The summed E-state index contributed by atoms with van der Waals surface area (Å²) < 4.78 is 14.1. The summed E-state index contributed by atoms with van der Waals surface area (Å²) in [5.41, 5.74) is 1.04. The van der Waals surface area contributed by atoms with E-state index in [0.717, 1.165) is 35.8 Å². The maximum Gasteiger partial charge on any atom is 0.123 e. The van der Waals surface area contributed by atoms with Gasteiger partial charge in [0.2, 0.25) is 0 Å². The molecule has 0 fully saturated rings. The van der Waals surface area contributed by atoms with Crippen molar-refractivity contribution in [1.29, 1.82) is 0 Å². The fourth-order valence-corrected chi connectivity index (χ4v) is 2.29. The number of halogens is 2. The van der Waals surface area contributed by atoms with Crippen molar-refractivity contribution in [2.45, 2.75) is 39.2 Å². The molecule has 1 rings (SSSR count). The number of benzene rings is 1. The molecule has 1 atom stereocenters. The highest BCUT2D eigenvalue weighted by Crippen LogP contribution is 2.20. The quantitative estimate of drug-likeness (QED) is 0.837. The Balaban J connectivity index is 2.71. The van der Waals surface area contributed by atoms with E-state index in [9.17, 15) is 4.39 Å². The molecular weight excluding hydrogens is 269 g/mol. The predicted octanol–water partition coefficient (Wildman–Crippen LogP) is 3.91. The Morgan fingerprint density at radius 3 is 2.75 bits per heavy atom. The van der Waals surface area contributed by atoms with Crippen molar-refractivity contribution >= 4 is 15.9 Å². The van der Waals surface area contributed by atoms with Gasteiger partial charge in [0.15, 0.2) is 0 Å². The van der Waals surface area contributed by atoms with E-state index in [0.29, 0.717) is 6.04 Å². The highest BCUT2D eigenvalue weighted by Gasteiger charge is 2.10. The number of hydrogen-bond donors (Lipinski definition) is 1. The van der Waals surface area contributed by atoms with Crippen LogP contribution in [-0.4, -0.2) is 12.6 Å². The van der Waals surface area contributed by atoms with Gasteiger partial charge in [-0.3, -0.25) is 0 Å². The standard InChI is InChI=1S/C13H19BrFN/c1-3-5-12(16-4-2)9-10-8-11(15)6-7-13(10)14/h6-8,12,16H,3-5,9H2,1-2H3. The van der Waals surface area contributed by atoms with Crippen molar-refractivity contribution in [3.8, 4) is 0 Å². The minimum atomic E-state index is -0.162. The van der Waals surface area contributed by atoms with Crippen LogP contribution < -0.4 is 5.32 Å². The number of likely N-dealkylation sites (N-methyl/N-ethyl adjacent to an activating group) is 1. The Labute approximate surface area is 106 Å². The van der Waals surface area contributed by atoms with Gasteiger partial charge < -0.3 is 5.32 Å². The van der Waals surface area contributed by atoms with E-state index < -0.39 is 0 Å². The third-order valence-corrected chi connectivity index (χ3v) is 3.38. The molecule has 1 nitrogen and oxygen atoms in total. The van der Waals surface area contributed by atoms with Crippen LogP contribution >= 0.6 is 15.9 Å². The largest absolute Gasteiger partial charge is 0.314 e. The highest BCUT2D eigenvalue weighted by atomic mass is 79.9. The number of rotatable bonds is 6. The Hall–Kier alpha value is -0.410. The predicted molar refractivity (Wildman–Crippen MR) is 70.2 cm³/mol. The van der Waals surface area contributed by atoms with E-state index in [1.807, 2.05) is 0 Å². The number of nitrogens with one attached hydrogen (secondary N) is 1. The van der Waals surface area contributed by atoms with E-state index in [4.69, 9.17) is 0 Å². The molecule has 0 bridgehead atoms. The molecule has 1 N–H and O–H groups in total. The summed E-state index contributed by atoms with van der Waals surface area (Å²) in [5.74, 6) is -0.162. The van der Waals surface area contributed by atoms with Gasteiger partial charge in [-0.25, -0.2) is 4.39 Å². The lowest BCUT2D eigenvalue weighted by molar-refractivity contribution is 0.484. The second-order valence-electron chi connectivity index (χ2n) is 3.98. The zero-order chi connectivity index (χ0) is 12.0. The summed E-state index contributed by atoms with van der Waals surface area (Å²) in [4.78, 5) is 0. The van der Waals surface area contributed by atoms with Gasteiger partial charge in [-0.15, -0.1) is 0 Å². The monoisotopic (exact) mass is 287 g/mol. The van der Waals surface area contributed by atoms with Crippen LogP contribution in [0, 0.1) is 5.82 Å². The number of hydrogen-bond acceptors (Lipinski definition) is 1. The van der Waals surface area contributed by atoms with Gasteiger partial charge in [-0.2, -0.15) is 0 Å². The third-order valence-electron chi connectivity index (χ3n) is 2.60. The van der Waals surface area contributed by atoms with Gasteiger partial charge in [-0.05, 0) is 43.1 Å². The molecule has 0 aromatic heterocycles. The van der Waals surface area contributed by atoms with Crippen molar-refractivity contribution in [2.24, 2.45) is 0 Å². The summed E-state index contributed by atoms with van der Waals surface area (Å²) in [7, 11) is 0. The fourth-order valence-electron chi connectivity index (χ4n) is 1.88. The first kappa shape index (κ1) is 13.7. The Bertz CT molecular complexity index is 322.